The van der Waals surface area contributed by atoms with Crippen LogP contribution < -0.4 is 5.73 Å². The smallest absolute Gasteiger partial charge is 0.0250 e. The van der Waals surface area contributed by atoms with Crippen LogP contribution in [0.4, 0.5) is 0 Å². The van der Waals surface area contributed by atoms with E-state index >= 15 is 0 Å². The van der Waals surface area contributed by atoms with Crippen molar-refractivity contribution in [1.29, 1.82) is 0 Å². The summed E-state index contributed by atoms with van der Waals surface area (Å²) in [4.78, 5) is 2.79. The largest absolute Gasteiger partial charge is 0.326 e. The zero-order valence-electron chi connectivity index (χ0n) is 11.5. The van der Waals surface area contributed by atoms with E-state index in [2.05, 4.69) is 11.8 Å². The van der Waals surface area contributed by atoms with Crippen molar-refractivity contribution in [3.8, 4) is 0 Å². The summed E-state index contributed by atoms with van der Waals surface area (Å²) in [6, 6.07) is 1.97. The number of piperidine rings is 1. The molecular weight excluding hydrogens is 208 g/mol. The van der Waals surface area contributed by atoms with E-state index in [9.17, 15) is 0 Å². The van der Waals surface area contributed by atoms with E-state index in [4.69, 9.17) is 5.73 Å². The normalized spacial score (nSPS) is 36.7. The minimum absolute atomic E-state index is 0.440. The Balaban J connectivity index is 2.00. The predicted molar refractivity (Wildman–Crippen MR) is 74.1 cm³/mol. The van der Waals surface area contributed by atoms with Gasteiger partial charge in [0.15, 0.2) is 0 Å². The van der Waals surface area contributed by atoms with Gasteiger partial charge in [-0.1, -0.05) is 39.0 Å². The molecule has 1 heterocycles. The van der Waals surface area contributed by atoms with E-state index < -0.39 is 0 Å². The summed E-state index contributed by atoms with van der Waals surface area (Å²) in [5, 5.41) is 0. The first-order valence-electron chi connectivity index (χ1n) is 7.84. The third-order valence-corrected chi connectivity index (χ3v) is 4.75. The van der Waals surface area contributed by atoms with Crippen molar-refractivity contribution < 1.29 is 0 Å². The second-order valence-electron chi connectivity index (χ2n) is 6.05. The number of nitrogens with two attached hydrogens (primary N) is 1. The van der Waals surface area contributed by atoms with Crippen molar-refractivity contribution in [2.75, 3.05) is 6.54 Å². The first-order valence-corrected chi connectivity index (χ1v) is 7.84. The summed E-state index contributed by atoms with van der Waals surface area (Å²) in [5.41, 5.74) is 6.43. The van der Waals surface area contributed by atoms with Gasteiger partial charge in [0.1, 0.15) is 0 Å². The molecule has 17 heavy (non-hydrogen) atoms. The molecule has 0 radical (unpaired) electrons. The van der Waals surface area contributed by atoms with Crippen molar-refractivity contribution in [3.63, 3.8) is 0 Å². The summed E-state index contributed by atoms with van der Waals surface area (Å²) < 4.78 is 0. The van der Waals surface area contributed by atoms with Crippen molar-refractivity contribution in [2.45, 2.75) is 89.3 Å². The van der Waals surface area contributed by atoms with Gasteiger partial charge in [0.25, 0.3) is 0 Å². The zero-order valence-corrected chi connectivity index (χ0v) is 11.5. The van der Waals surface area contributed by atoms with Crippen LogP contribution in [-0.2, 0) is 0 Å². The number of rotatable bonds is 3. The number of hydrogen-bond acceptors (Lipinski definition) is 2. The molecule has 2 fully saturated rings. The van der Waals surface area contributed by atoms with Crippen LogP contribution in [0.15, 0.2) is 0 Å². The minimum Gasteiger partial charge on any atom is -0.326 e. The molecule has 1 aliphatic heterocycles. The fraction of sp³-hybridized carbons (Fsp3) is 1.00. The second-order valence-corrected chi connectivity index (χ2v) is 6.05. The van der Waals surface area contributed by atoms with Gasteiger partial charge in [0.2, 0.25) is 0 Å². The Bertz CT molecular complexity index is 215. The first kappa shape index (κ1) is 13.4. The second kappa shape index (κ2) is 6.75. The van der Waals surface area contributed by atoms with Crippen LogP contribution in [0.3, 0.4) is 0 Å². The molecule has 1 aliphatic carbocycles. The van der Waals surface area contributed by atoms with Gasteiger partial charge in [-0.05, 0) is 38.6 Å². The Morgan fingerprint density at radius 2 is 1.76 bits per heavy atom. The Morgan fingerprint density at radius 1 is 1.00 bits per heavy atom. The Morgan fingerprint density at radius 3 is 2.59 bits per heavy atom. The zero-order chi connectivity index (χ0) is 12.1. The van der Waals surface area contributed by atoms with E-state index in [1.165, 1.54) is 70.8 Å². The summed E-state index contributed by atoms with van der Waals surface area (Å²) in [6.45, 7) is 3.63. The molecule has 2 nitrogen and oxygen atoms in total. The van der Waals surface area contributed by atoms with Crippen molar-refractivity contribution in [1.82, 2.24) is 4.90 Å². The average Bonchev–Trinajstić information content (AvgIpc) is 2.55. The molecule has 3 unspecified atom stereocenters. The van der Waals surface area contributed by atoms with Gasteiger partial charge in [-0.15, -0.1) is 0 Å². The van der Waals surface area contributed by atoms with Crippen LogP contribution in [0.2, 0.25) is 0 Å². The minimum atomic E-state index is 0.440. The Labute approximate surface area is 107 Å². The summed E-state index contributed by atoms with van der Waals surface area (Å²) in [7, 11) is 0. The van der Waals surface area contributed by atoms with E-state index in [0.717, 1.165) is 6.04 Å². The molecule has 0 spiro atoms. The number of likely N-dealkylation sites (tertiary alicyclic amines) is 1. The molecule has 3 atom stereocenters. The predicted octanol–water partition coefficient (Wildman–Crippen LogP) is 3.30. The SMILES string of the molecule is CCCC1CCCCN1C1CCCCCC1N. The Kier molecular flexibility index (Phi) is 5.30. The molecule has 0 aromatic carbocycles. The quantitative estimate of drug-likeness (QED) is 0.764. The first-order chi connectivity index (χ1) is 8.33. The molecular formula is C15H30N2. The van der Waals surface area contributed by atoms with Gasteiger partial charge in [-0.2, -0.15) is 0 Å². The number of hydrogen-bond donors (Lipinski definition) is 1. The maximum atomic E-state index is 6.43. The number of nitrogens with zero attached hydrogens (tertiary/aromatic N) is 1. The average molecular weight is 238 g/mol. The lowest BCUT2D eigenvalue weighted by Gasteiger charge is -2.43. The molecule has 0 aromatic heterocycles. The third kappa shape index (κ3) is 3.45. The van der Waals surface area contributed by atoms with Crippen LogP contribution in [0, 0.1) is 0 Å². The Hall–Kier alpha value is -0.0800. The van der Waals surface area contributed by atoms with Crippen LogP contribution >= 0.6 is 0 Å². The van der Waals surface area contributed by atoms with Gasteiger partial charge in [-0.3, -0.25) is 4.90 Å². The van der Waals surface area contributed by atoms with Crippen LogP contribution in [0.25, 0.3) is 0 Å². The lowest BCUT2D eigenvalue weighted by atomic mass is 9.92. The molecule has 0 amide bonds. The van der Waals surface area contributed by atoms with Crippen molar-refractivity contribution in [2.24, 2.45) is 5.73 Å². The molecule has 1 saturated carbocycles. The summed E-state index contributed by atoms with van der Waals surface area (Å²) >= 11 is 0. The lowest BCUT2D eigenvalue weighted by Crippen LogP contribution is -2.53. The molecule has 100 valence electrons. The van der Waals surface area contributed by atoms with Crippen LogP contribution in [0.1, 0.15) is 71.1 Å². The van der Waals surface area contributed by atoms with E-state index in [0.29, 0.717) is 12.1 Å². The highest BCUT2D eigenvalue weighted by Gasteiger charge is 2.32. The molecule has 2 rings (SSSR count). The molecule has 0 aromatic rings. The molecule has 0 bridgehead atoms. The van der Waals surface area contributed by atoms with E-state index in [1.54, 1.807) is 0 Å². The topological polar surface area (TPSA) is 29.3 Å². The highest BCUT2D eigenvalue weighted by Crippen LogP contribution is 2.29. The third-order valence-electron chi connectivity index (χ3n) is 4.75. The molecule has 2 heteroatoms. The maximum Gasteiger partial charge on any atom is 0.0250 e. The van der Waals surface area contributed by atoms with E-state index in [1.807, 2.05) is 0 Å². The van der Waals surface area contributed by atoms with Gasteiger partial charge < -0.3 is 5.73 Å². The van der Waals surface area contributed by atoms with Crippen LogP contribution in [-0.4, -0.2) is 29.6 Å². The summed E-state index contributed by atoms with van der Waals surface area (Å²) in [6.07, 6.45) is 13.7. The van der Waals surface area contributed by atoms with Gasteiger partial charge in [0.05, 0.1) is 0 Å². The highest BCUT2D eigenvalue weighted by atomic mass is 15.2. The maximum absolute atomic E-state index is 6.43. The lowest BCUT2D eigenvalue weighted by molar-refractivity contribution is 0.0701. The van der Waals surface area contributed by atoms with Crippen molar-refractivity contribution >= 4 is 0 Å². The van der Waals surface area contributed by atoms with Gasteiger partial charge in [-0.25, -0.2) is 0 Å². The van der Waals surface area contributed by atoms with Crippen molar-refractivity contribution in [3.05, 3.63) is 0 Å². The monoisotopic (exact) mass is 238 g/mol. The summed E-state index contributed by atoms with van der Waals surface area (Å²) in [5.74, 6) is 0. The van der Waals surface area contributed by atoms with E-state index in [-0.39, 0.29) is 0 Å². The molecule has 1 saturated heterocycles. The standard InChI is InChI=1S/C15H30N2/c1-2-8-13-9-6-7-12-17(13)15-11-5-3-4-10-14(15)16/h13-15H,2-12,16H2,1H3. The van der Waals surface area contributed by atoms with Gasteiger partial charge >= 0.3 is 0 Å². The fourth-order valence-electron chi connectivity index (χ4n) is 3.83. The van der Waals surface area contributed by atoms with Crippen LogP contribution in [0.5, 0.6) is 0 Å². The highest BCUT2D eigenvalue weighted by molar-refractivity contribution is 4.89. The van der Waals surface area contributed by atoms with Gasteiger partial charge in [0, 0.05) is 18.1 Å². The molecule has 2 N–H and O–H groups in total. The fourth-order valence-corrected chi connectivity index (χ4v) is 3.83. The molecule has 2 aliphatic rings.